The monoisotopic (exact) mass is 1270 g/mol. The van der Waals surface area contributed by atoms with Crippen LogP contribution in [-0.4, -0.2) is 96.7 Å². The van der Waals surface area contributed by atoms with Crippen molar-refractivity contribution in [3.05, 3.63) is 0 Å². The van der Waals surface area contributed by atoms with Gasteiger partial charge in [0.1, 0.15) is 19.3 Å². The number of hydrogen-bond acceptors (Lipinski definition) is 15. The number of phosphoric acid groups is 2. The van der Waals surface area contributed by atoms with Crippen molar-refractivity contribution in [2.24, 2.45) is 23.7 Å². The van der Waals surface area contributed by atoms with Gasteiger partial charge in [-0.3, -0.25) is 37.3 Å². The molecule has 0 saturated heterocycles. The number of phosphoric ester groups is 2. The Morgan fingerprint density at radius 3 is 0.721 bits per heavy atom. The van der Waals surface area contributed by atoms with E-state index in [1.807, 2.05) is 0 Å². The number of carbonyl (C=O) groups is 4. The molecule has 0 aliphatic carbocycles. The van der Waals surface area contributed by atoms with Crippen molar-refractivity contribution < 1.29 is 80.2 Å². The molecule has 19 heteroatoms. The molecule has 0 aromatic heterocycles. The quantitative estimate of drug-likeness (QED) is 0.0222. The molecule has 0 radical (unpaired) electrons. The van der Waals surface area contributed by atoms with Crippen LogP contribution in [0.1, 0.15) is 325 Å². The van der Waals surface area contributed by atoms with Gasteiger partial charge in [0.15, 0.2) is 12.2 Å². The van der Waals surface area contributed by atoms with E-state index in [4.69, 9.17) is 37.0 Å². The lowest BCUT2D eigenvalue weighted by Gasteiger charge is -2.21. The topological polar surface area (TPSA) is 237 Å². The van der Waals surface area contributed by atoms with Crippen LogP contribution in [-0.2, 0) is 65.4 Å². The zero-order valence-electron chi connectivity index (χ0n) is 55.9. The van der Waals surface area contributed by atoms with Crippen LogP contribution >= 0.6 is 15.6 Å². The summed E-state index contributed by atoms with van der Waals surface area (Å²) >= 11 is 0. The van der Waals surface area contributed by atoms with E-state index in [9.17, 15) is 43.2 Å². The summed E-state index contributed by atoms with van der Waals surface area (Å²) in [6.45, 7) is 13.9. The molecule has 0 aromatic rings. The van der Waals surface area contributed by atoms with Crippen molar-refractivity contribution in [3.8, 4) is 0 Å². The molecule has 0 aromatic carbocycles. The fourth-order valence-corrected chi connectivity index (χ4v) is 11.5. The van der Waals surface area contributed by atoms with Crippen molar-refractivity contribution >= 4 is 39.5 Å². The molecule has 0 fully saturated rings. The first-order valence-electron chi connectivity index (χ1n) is 34.7. The third-order valence-corrected chi connectivity index (χ3v) is 17.2. The van der Waals surface area contributed by atoms with Gasteiger partial charge in [-0.1, -0.05) is 274 Å². The van der Waals surface area contributed by atoms with Crippen molar-refractivity contribution in [3.63, 3.8) is 0 Å². The molecule has 17 nitrogen and oxygen atoms in total. The molecule has 5 atom stereocenters. The number of aliphatic hydroxyl groups is 1. The van der Waals surface area contributed by atoms with Gasteiger partial charge >= 0.3 is 39.5 Å². The summed E-state index contributed by atoms with van der Waals surface area (Å²) in [5.74, 6) is 0.722. The largest absolute Gasteiger partial charge is 0.472 e. The lowest BCUT2D eigenvalue weighted by molar-refractivity contribution is -0.161. The third kappa shape index (κ3) is 60.9. The van der Waals surface area contributed by atoms with Crippen molar-refractivity contribution in [1.29, 1.82) is 0 Å². The number of carbonyl (C=O) groups excluding carboxylic acids is 4. The summed E-state index contributed by atoms with van der Waals surface area (Å²) in [5, 5.41) is 10.5. The van der Waals surface area contributed by atoms with E-state index in [1.54, 1.807) is 0 Å². The molecule has 3 N–H and O–H groups in total. The summed E-state index contributed by atoms with van der Waals surface area (Å²) < 4.78 is 68.0. The van der Waals surface area contributed by atoms with Gasteiger partial charge in [-0.25, -0.2) is 9.13 Å². The van der Waals surface area contributed by atoms with Crippen molar-refractivity contribution in [2.75, 3.05) is 39.6 Å². The van der Waals surface area contributed by atoms with E-state index in [2.05, 4.69) is 55.4 Å². The van der Waals surface area contributed by atoms with Gasteiger partial charge in [0.05, 0.1) is 26.4 Å². The number of hydrogen-bond donors (Lipinski definition) is 3. The predicted molar refractivity (Wildman–Crippen MR) is 344 cm³/mol. The zero-order chi connectivity index (χ0) is 63.9. The van der Waals surface area contributed by atoms with Crippen LogP contribution in [0.3, 0.4) is 0 Å². The normalized spacial score (nSPS) is 14.4. The average molecular weight is 1270 g/mol. The Hall–Kier alpha value is -1.94. The van der Waals surface area contributed by atoms with Crippen molar-refractivity contribution in [1.82, 2.24) is 0 Å². The van der Waals surface area contributed by atoms with Gasteiger partial charge in [-0.15, -0.1) is 0 Å². The molecule has 0 aliphatic heterocycles. The fraction of sp³-hybridized carbons (Fsp3) is 0.940. The Labute approximate surface area is 524 Å². The van der Waals surface area contributed by atoms with Crippen LogP contribution in [0.4, 0.5) is 0 Å². The summed E-state index contributed by atoms with van der Waals surface area (Å²) in [6.07, 6.45) is 38.0. The Bertz CT molecular complexity index is 1710. The van der Waals surface area contributed by atoms with Gasteiger partial charge in [-0.2, -0.15) is 0 Å². The van der Waals surface area contributed by atoms with E-state index in [0.717, 1.165) is 102 Å². The Kier molecular flexibility index (Phi) is 55.7. The molecular weight excluding hydrogens is 1140 g/mol. The van der Waals surface area contributed by atoms with Crippen LogP contribution in [0.2, 0.25) is 0 Å². The highest BCUT2D eigenvalue weighted by Crippen LogP contribution is 2.45. The van der Waals surface area contributed by atoms with E-state index >= 15 is 0 Å². The molecule has 0 aliphatic rings. The van der Waals surface area contributed by atoms with E-state index < -0.39 is 97.5 Å². The molecule has 510 valence electrons. The van der Waals surface area contributed by atoms with Gasteiger partial charge in [0.2, 0.25) is 0 Å². The number of unbranched alkanes of at least 4 members (excludes halogenated alkanes) is 30. The molecule has 0 amide bonds. The summed E-state index contributed by atoms with van der Waals surface area (Å²) in [7, 11) is -9.89. The second-order valence-corrected chi connectivity index (χ2v) is 29.0. The Balaban J connectivity index is 5.17. The van der Waals surface area contributed by atoms with Crippen LogP contribution in [0.15, 0.2) is 0 Å². The van der Waals surface area contributed by atoms with Gasteiger partial charge < -0.3 is 33.8 Å². The first kappa shape index (κ1) is 84.1. The lowest BCUT2D eigenvalue weighted by atomic mass is 10.0. The summed E-state index contributed by atoms with van der Waals surface area (Å²) in [4.78, 5) is 72.3. The highest BCUT2D eigenvalue weighted by atomic mass is 31.2. The number of ether oxygens (including phenoxy) is 4. The number of rotatable bonds is 64. The number of esters is 4. The van der Waals surface area contributed by atoms with Gasteiger partial charge in [0, 0.05) is 25.7 Å². The molecular formula is C67H130O17P2. The fourth-order valence-electron chi connectivity index (χ4n) is 9.96. The van der Waals surface area contributed by atoms with Gasteiger partial charge in [0.25, 0.3) is 0 Å². The van der Waals surface area contributed by atoms with Gasteiger partial charge in [-0.05, 0) is 49.4 Å². The Morgan fingerprint density at radius 2 is 0.488 bits per heavy atom. The highest BCUT2D eigenvalue weighted by Gasteiger charge is 2.30. The molecule has 86 heavy (non-hydrogen) atoms. The summed E-state index contributed by atoms with van der Waals surface area (Å²) in [5.41, 5.74) is 0. The zero-order valence-corrected chi connectivity index (χ0v) is 57.7. The third-order valence-electron chi connectivity index (χ3n) is 15.3. The SMILES string of the molecule is CC(C)CCCCCCCCCCCCCCCCC(=O)OC[C@H](COP(=O)(O)OCC(O)COP(=O)(O)OC[C@@H](COC(=O)CCCCCCCCCCC(C)C)OC(=O)CCCCCCCCC(C)C)OC(=O)CCCCCCCCC(C)C. The molecule has 0 heterocycles. The minimum Gasteiger partial charge on any atom is -0.462 e. The molecule has 0 spiro atoms. The highest BCUT2D eigenvalue weighted by molar-refractivity contribution is 7.47. The first-order chi connectivity index (χ1) is 41.1. The smallest absolute Gasteiger partial charge is 0.462 e. The molecule has 0 saturated carbocycles. The van der Waals surface area contributed by atoms with Crippen LogP contribution in [0.5, 0.6) is 0 Å². The minimum atomic E-state index is -4.95. The standard InChI is InChI=1S/C67H130O17P2/c1-57(2)43-35-27-19-15-13-11-9-10-12-14-16-21-31-39-47-64(69)77-53-62(83-66(71)49-41-33-25-23-29-37-45-59(5)6)55-81-85(73,74)79-51-61(68)52-80-86(75,76)82-56-63(84-67(72)50-42-34-26-24-30-38-46-60(7)8)54-78-65(70)48-40-32-22-18-17-20-28-36-44-58(3)4/h57-63,68H,9-56H2,1-8H3,(H,73,74)(H,75,76)/t61?,62-,63-/m1/s1. The molecule has 3 unspecified atom stereocenters. The Morgan fingerprint density at radius 1 is 0.291 bits per heavy atom. The molecule has 0 bridgehead atoms. The van der Waals surface area contributed by atoms with Crippen LogP contribution in [0, 0.1) is 23.7 Å². The van der Waals surface area contributed by atoms with Crippen LogP contribution < -0.4 is 0 Å². The van der Waals surface area contributed by atoms with E-state index in [1.165, 1.54) is 128 Å². The lowest BCUT2D eigenvalue weighted by Crippen LogP contribution is -2.30. The van der Waals surface area contributed by atoms with Crippen LogP contribution in [0.25, 0.3) is 0 Å². The maximum Gasteiger partial charge on any atom is 0.472 e. The number of aliphatic hydroxyl groups excluding tert-OH is 1. The minimum absolute atomic E-state index is 0.101. The second kappa shape index (κ2) is 57.0. The van der Waals surface area contributed by atoms with E-state index in [-0.39, 0.29) is 25.7 Å². The maximum absolute atomic E-state index is 13.0. The maximum atomic E-state index is 13.0. The second-order valence-electron chi connectivity index (χ2n) is 26.1. The average Bonchev–Trinajstić information content (AvgIpc) is 3.67. The first-order valence-corrected chi connectivity index (χ1v) is 37.7. The molecule has 0 rings (SSSR count). The van der Waals surface area contributed by atoms with E-state index in [0.29, 0.717) is 37.5 Å². The van der Waals surface area contributed by atoms with Crippen molar-refractivity contribution in [2.45, 2.75) is 343 Å². The predicted octanol–water partition coefficient (Wildman–Crippen LogP) is 18.5. The summed E-state index contributed by atoms with van der Waals surface area (Å²) in [6, 6.07) is 0.